The molecule has 0 bridgehead atoms. The molecule has 2 aliphatic rings. The fraction of sp³-hybridized carbons (Fsp3) is 0.600. The zero-order chi connectivity index (χ0) is 13.8. The molecule has 0 aromatic rings. The van der Waals surface area contributed by atoms with E-state index in [0.717, 1.165) is 11.5 Å². The minimum Gasteiger partial charge on any atom is -0.362 e. The summed E-state index contributed by atoms with van der Waals surface area (Å²) in [5.74, 6) is 1.26. The highest BCUT2D eigenvalue weighted by molar-refractivity contribution is 8.23. The Morgan fingerprint density at radius 2 is 1.42 bits per heavy atom. The zero-order valence-corrected chi connectivity index (χ0v) is 13.3. The molecule has 0 aromatic heterocycles. The molecule has 2 heterocycles. The van der Waals surface area contributed by atoms with Crippen molar-refractivity contribution in [2.45, 2.75) is 0 Å². The van der Waals surface area contributed by atoms with Crippen molar-refractivity contribution in [3.8, 4) is 0 Å². The molecule has 0 aliphatic carbocycles. The summed E-state index contributed by atoms with van der Waals surface area (Å²) in [5, 5.41) is 0. The smallest absolute Gasteiger partial charge is 0.254 e. The molecule has 2 fully saturated rings. The lowest BCUT2D eigenvalue weighted by molar-refractivity contribution is -0.137. The Morgan fingerprint density at radius 3 is 1.74 bits per heavy atom. The van der Waals surface area contributed by atoms with Gasteiger partial charge >= 0.3 is 0 Å². The fourth-order valence-corrected chi connectivity index (χ4v) is 4.10. The van der Waals surface area contributed by atoms with Crippen LogP contribution in [0.15, 0.2) is 0 Å². The normalized spacial score (nSPS) is 19.4. The summed E-state index contributed by atoms with van der Waals surface area (Å²) in [6.07, 6.45) is 0. The topological polar surface area (TPSA) is 49.9 Å². The molecule has 0 aromatic carbocycles. The molecule has 2 rings (SSSR count). The monoisotopic (exact) mass is 336 g/mol. The quantitative estimate of drug-likeness (QED) is 0.701. The van der Waals surface area contributed by atoms with E-state index in [0.29, 0.717) is 21.7 Å². The molecule has 0 N–H and O–H groups in total. The molecule has 104 valence electrons. The minimum absolute atomic E-state index is 0.125. The highest BCUT2D eigenvalue weighted by Crippen LogP contribution is 2.19. The summed E-state index contributed by atoms with van der Waals surface area (Å²) in [6.45, 7) is 0.985. The van der Waals surface area contributed by atoms with E-state index in [4.69, 9.17) is 29.2 Å². The number of thiocarbonyl (C=S) groups is 2. The first-order chi connectivity index (χ1) is 9.09. The van der Waals surface area contributed by atoms with Crippen LogP contribution in [0.2, 0.25) is 0 Å². The molecule has 2 aliphatic heterocycles. The number of hydrogen-bond acceptors (Lipinski definition) is 7. The maximum Gasteiger partial charge on any atom is 0.254 e. The SMILES string of the molecule is O=C(COCC(=O)N1CCSC1=S)N1CCSC1=S. The number of thioether (sulfide) groups is 2. The molecular formula is C10H12N2O3S4. The van der Waals surface area contributed by atoms with E-state index < -0.39 is 0 Å². The van der Waals surface area contributed by atoms with Crippen LogP contribution in [-0.2, 0) is 14.3 Å². The molecule has 2 saturated heterocycles. The summed E-state index contributed by atoms with van der Waals surface area (Å²) in [4.78, 5) is 26.6. The van der Waals surface area contributed by atoms with E-state index in [9.17, 15) is 9.59 Å². The maximum atomic E-state index is 11.8. The van der Waals surface area contributed by atoms with Crippen LogP contribution in [-0.4, -0.2) is 68.1 Å². The van der Waals surface area contributed by atoms with Crippen molar-refractivity contribution in [1.82, 2.24) is 9.80 Å². The van der Waals surface area contributed by atoms with Gasteiger partial charge in [0.1, 0.15) is 21.9 Å². The Balaban J connectivity index is 1.71. The van der Waals surface area contributed by atoms with Crippen molar-refractivity contribution >= 4 is 68.4 Å². The fourth-order valence-electron chi connectivity index (χ4n) is 1.62. The van der Waals surface area contributed by atoms with Gasteiger partial charge in [-0.1, -0.05) is 48.0 Å². The summed E-state index contributed by atoms with van der Waals surface area (Å²) in [6, 6.07) is 0. The third kappa shape index (κ3) is 3.88. The lowest BCUT2D eigenvalue weighted by Crippen LogP contribution is -2.37. The zero-order valence-electron chi connectivity index (χ0n) is 9.99. The number of carbonyl (C=O) groups excluding carboxylic acids is 2. The molecule has 19 heavy (non-hydrogen) atoms. The van der Waals surface area contributed by atoms with Gasteiger partial charge in [-0.3, -0.25) is 19.4 Å². The number of ether oxygens (including phenoxy) is 1. The van der Waals surface area contributed by atoms with Gasteiger partial charge < -0.3 is 4.74 Å². The summed E-state index contributed by atoms with van der Waals surface area (Å²) in [5.41, 5.74) is 0. The Bertz CT molecular complexity index is 391. The second-order valence-corrected chi connectivity index (χ2v) is 7.27. The average molecular weight is 336 g/mol. The van der Waals surface area contributed by atoms with Gasteiger partial charge in [0.05, 0.1) is 0 Å². The second kappa shape index (κ2) is 6.98. The van der Waals surface area contributed by atoms with E-state index in [2.05, 4.69) is 0 Å². The molecule has 0 saturated carbocycles. The van der Waals surface area contributed by atoms with Crippen molar-refractivity contribution in [3.63, 3.8) is 0 Å². The average Bonchev–Trinajstić information content (AvgIpc) is 2.97. The number of amides is 2. The van der Waals surface area contributed by atoms with E-state index in [1.165, 1.54) is 33.3 Å². The van der Waals surface area contributed by atoms with Crippen molar-refractivity contribution in [3.05, 3.63) is 0 Å². The first kappa shape index (κ1) is 15.2. The predicted molar refractivity (Wildman–Crippen MR) is 84.4 cm³/mol. The Labute approximate surface area is 130 Å². The van der Waals surface area contributed by atoms with E-state index in [-0.39, 0.29) is 25.0 Å². The Morgan fingerprint density at radius 1 is 1.00 bits per heavy atom. The lowest BCUT2D eigenvalue weighted by Gasteiger charge is -2.16. The van der Waals surface area contributed by atoms with Gasteiger partial charge in [-0.2, -0.15) is 0 Å². The molecule has 0 spiro atoms. The van der Waals surface area contributed by atoms with Crippen LogP contribution in [0.1, 0.15) is 0 Å². The molecule has 0 radical (unpaired) electrons. The third-order valence-corrected chi connectivity index (χ3v) is 5.43. The van der Waals surface area contributed by atoms with E-state index in [1.807, 2.05) is 0 Å². The molecule has 2 amide bonds. The van der Waals surface area contributed by atoms with Crippen LogP contribution >= 0.6 is 48.0 Å². The summed E-state index contributed by atoms with van der Waals surface area (Å²) < 4.78 is 6.32. The number of nitrogens with zero attached hydrogens (tertiary/aromatic N) is 2. The first-order valence-corrected chi connectivity index (χ1v) is 8.40. The maximum absolute atomic E-state index is 11.8. The van der Waals surface area contributed by atoms with Crippen LogP contribution in [0.25, 0.3) is 0 Å². The van der Waals surface area contributed by atoms with Crippen LogP contribution in [0.4, 0.5) is 0 Å². The van der Waals surface area contributed by atoms with Gasteiger partial charge in [-0.25, -0.2) is 0 Å². The Kier molecular flexibility index (Phi) is 5.58. The predicted octanol–water partition coefficient (Wildman–Crippen LogP) is 0.724. The molecule has 9 heteroatoms. The summed E-state index contributed by atoms with van der Waals surface area (Å²) >= 11 is 13.0. The van der Waals surface area contributed by atoms with Crippen molar-refractivity contribution < 1.29 is 14.3 Å². The Hall–Kier alpha value is -0.220. The largest absolute Gasteiger partial charge is 0.362 e. The van der Waals surface area contributed by atoms with E-state index in [1.54, 1.807) is 0 Å². The van der Waals surface area contributed by atoms with Crippen molar-refractivity contribution in [2.24, 2.45) is 0 Å². The van der Waals surface area contributed by atoms with Gasteiger partial charge in [0.2, 0.25) is 0 Å². The van der Waals surface area contributed by atoms with Gasteiger partial charge in [-0.05, 0) is 0 Å². The van der Waals surface area contributed by atoms with Crippen molar-refractivity contribution in [2.75, 3.05) is 37.8 Å². The highest BCUT2D eigenvalue weighted by atomic mass is 32.2. The highest BCUT2D eigenvalue weighted by Gasteiger charge is 2.26. The van der Waals surface area contributed by atoms with Crippen molar-refractivity contribution in [1.29, 1.82) is 0 Å². The first-order valence-electron chi connectivity index (χ1n) is 5.61. The molecule has 5 nitrogen and oxygen atoms in total. The van der Waals surface area contributed by atoms with Crippen LogP contribution in [0, 0.1) is 0 Å². The molecule has 0 unspecified atom stereocenters. The van der Waals surface area contributed by atoms with Gasteiger partial charge in [-0.15, -0.1) is 0 Å². The lowest BCUT2D eigenvalue weighted by atomic mass is 10.5. The van der Waals surface area contributed by atoms with Crippen LogP contribution in [0.3, 0.4) is 0 Å². The minimum atomic E-state index is -0.193. The number of rotatable bonds is 4. The van der Waals surface area contributed by atoms with Crippen LogP contribution in [0.5, 0.6) is 0 Å². The number of carbonyl (C=O) groups is 2. The second-order valence-electron chi connectivity index (χ2n) is 3.81. The van der Waals surface area contributed by atoms with E-state index >= 15 is 0 Å². The third-order valence-electron chi connectivity index (χ3n) is 2.57. The van der Waals surface area contributed by atoms with Crippen LogP contribution < -0.4 is 0 Å². The number of hydrogen-bond donors (Lipinski definition) is 0. The van der Waals surface area contributed by atoms with Gasteiger partial charge in [0.25, 0.3) is 11.8 Å². The molecule has 0 atom stereocenters. The van der Waals surface area contributed by atoms with Gasteiger partial charge in [0, 0.05) is 24.6 Å². The molecular weight excluding hydrogens is 324 g/mol. The summed E-state index contributed by atoms with van der Waals surface area (Å²) in [7, 11) is 0. The standard InChI is InChI=1S/C10H12N2O3S4/c13-7(11-1-3-18-9(11)16)5-15-6-8(14)12-2-4-19-10(12)17/h1-6H2. The van der Waals surface area contributed by atoms with Gasteiger partial charge in [0.15, 0.2) is 0 Å².